The number of nitrogens with zero attached hydrogens (tertiary/aromatic N) is 1. The first-order chi connectivity index (χ1) is 10.2. The first-order valence-corrected chi connectivity index (χ1v) is 7.67. The summed E-state index contributed by atoms with van der Waals surface area (Å²) in [4.78, 5) is 0. The molecule has 0 aliphatic carbocycles. The SMILES string of the molecule is Cc1ccc2c(c1)c1ccc(P)cc1n2-c1ccccc1. The van der Waals surface area contributed by atoms with Crippen LogP contribution in [-0.4, -0.2) is 4.57 Å². The minimum Gasteiger partial charge on any atom is -0.309 e. The van der Waals surface area contributed by atoms with E-state index in [0.29, 0.717) is 0 Å². The van der Waals surface area contributed by atoms with E-state index in [9.17, 15) is 0 Å². The van der Waals surface area contributed by atoms with Crippen LogP contribution >= 0.6 is 9.24 Å². The Morgan fingerprint density at radius 3 is 2.38 bits per heavy atom. The molecular weight excluding hydrogens is 273 g/mol. The second-order valence-corrected chi connectivity index (χ2v) is 6.13. The summed E-state index contributed by atoms with van der Waals surface area (Å²) in [6.45, 7) is 2.15. The fraction of sp³-hybridized carbons (Fsp3) is 0.0526. The van der Waals surface area contributed by atoms with E-state index in [-0.39, 0.29) is 0 Å². The highest BCUT2D eigenvalue weighted by Crippen LogP contribution is 2.32. The maximum absolute atomic E-state index is 2.79. The largest absolute Gasteiger partial charge is 0.309 e. The van der Waals surface area contributed by atoms with Gasteiger partial charge in [0.2, 0.25) is 0 Å². The van der Waals surface area contributed by atoms with Crippen LogP contribution in [0.25, 0.3) is 27.5 Å². The molecular formula is C19H16NP. The van der Waals surface area contributed by atoms with Gasteiger partial charge in [0, 0.05) is 16.5 Å². The van der Waals surface area contributed by atoms with E-state index in [1.54, 1.807) is 0 Å². The summed E-state index contributed by atoms with van der Waals surface area (Å²) in [5, 5.41) is 3.84. The highest BCUT2D eigenvalue weighted by molar-refractivity contribution is 7.27. The fourth-order valence-corrected chi connectivity index (χ4v) is 3.26. The molecule has 1 nitrogen and oxygen atoms in total. The van der Waals surface area contributed by atoms with Crippen molar-refractivity contribution in [1.29, 1.82) is 0 Å². The second kappa shape index (κ2) is 4.72. The Hall–Kier alpha value is -2.11. The van der Waals surface area contributed by atoms with Crippen LogP contribution in [0.5, 0.6) is 0 Å². The maximum Gasteiger partial charge on any atom is 0.0547 e. The van der Waals surface area contributed by atoms with Crippen LogP contribution in [0.15, 0.2) is 66.7 Å². The Balaban J connectivity index is 2.23. The minimum absolute atomic E-state index is 1.21. The smallest absolute Gasteiger partial charge is 0.0547 e. The zero-order valence-electron chi connectivity index (χ0n) is 11.9. The van der Waals surface area contributed by atoms with E-state index in [1.165, 1.54) is 38.4 Å². The summed E-state index contributed by atoms with van der Waals surface area (Å²) >= 11 is 0. The molecule has 21 heavy (non-hydrogen) atoms. The van der Waals surface area contributed by atoms with Crippen LogP contribution in [0.3, 0.4) is 0 Å². The topological polar surface area (TPSA) is 4.93 Å². The zero-order chi connectivity index (χ0) is 14.4. The number of hydrogen-bond acceptors (Lipinski definition) is 0. The van der Waals surface area contributed by atoms with Gasteiger partial charge in [0.15, 0.2) is 0 Å². The molecule has 102 valence electrons. The number of aromatic nitrogens is 1. The lowest BCUT2D eigenvalue weighted by atomic mass is 10.1. The Labute approximate surface area is 126 Å². The van der Waals surface area contributed by atoms with Crippen molar-refractivity contribution in [2.24, 2.45) is 0 Å². The fourth-order valence-electron chi connectivity index (χ4n) is 3.01. The van der Waals surface area contributed by atoms with Crippen LogP contribution in [0.2, 0.25) is 0 Å². The lowest BCUT2D eigenvalue weighted by Gasteiger charge is -2.07. The summed E-state index contributed by atoms with van der Waals surface area (Å²) in [7, 11) is 2.79. The normalized spacial score (nSPS) is 11.3. The van der Waals surface area contributed by atoms with E-state index in [1.807, 2.05) is 0 Å². The van der Waals surface area contributed by atoms with Crippen molar-refractivity contribution in [2.45, 2.75) is 6.92 Å². The summed E-state index contributed by atoms with van der Waals surface area (Å²) in [5.41, 5.74) is 5.02. The number of para-hydroxylation sites is 1. The van der Waals surface area contributed by atoms with Gasteiger partial charge in [0.05, 0.1) is 11.0 Å². The maximum atomic E-state index is 2.79. The molecule has 0 amide bonds. The van der Waals surface area contributed by atoms with Crippen molar-refractivity contribution in [2.75, 3.05) is 0 Å². The number of rotatable bonds is 1. The third kappa shape index (κ3) is 1.97. The molecule has 0 aliphatic heterocycles. The number of benzene rings is 3. The highest BCUT2D eigenvalue weighted by Gasteiger charge is 2.12. The van der Waals surface area contributed by atoms with Gasteiger partial charge in [-0.2, -0.15) is 0 Å². The zero-order valence-corrected chi connectivity index (χ0v) is 13.0. The molecule has 1 heterocycles. The van der Waals surface area contributed by atoms with E-state index < -0.39 is 0 Å². The minimum atomic E-state index is 1.21. The standard InChI is InChI=1S/C19H16NP/c1-13-7-10-18-17(11-13)16-9-8-15(21)12-19(16)20(18)14-5-3-2-4-6-14/h2-12H,21H2,1H3. The van der Waals surface area contributed by atoms with Crippen LogP contribution in [-0.2, 0) is 0 Å². The Bertz CT molecular complexity index is 952. The molecule has 0 bridgehead atoms. The van der Waals surface area contributed by atoms with Gasteiger partial charge in [-0.05, 0) is 42.6 Å². The van der Waals surface area contributed by atoms with E-state index in [2.05, 4.69) is 87.5 Å². The molecule has 4 rings (SSSR count). The quantitative estimate of drug-likeness (QED) is 0.452. The first kappa shape index (κ1) is 12.6. The van der Waals surface area contributed by atoms with Crippen LogP contribution in [0.4, 0.5) is 0 Å². The molecule has 2 heteroatoms. The molecule has 0 spiro atoms. The molecule has 0 N–H and O–H groups in total. The molecule has 1 atom stereocenters. The van der Waals surface area contributed by atoms with Crippen molar-refractivity contribution in [3.05, 3.63) is 72.3 Å². The van der Waals surface area contributed by atoms with Crippen LogP contribution < -0.4 is 5.30 Å². The predicted molar refractivity (Wildman–Crippen MR) is 94.9 cm³/mol. The van der Waals surface area contributed by atoms with Gasteiger partial charge in [-0.25, -0.2) is 0 Å². The molecule has 1 aromatic heterocycles. The summed E-state index contributed by atoms with van der Waals surface area (Å²) < 4.78 is 2.34. The van der Waals surface area contributed by atoms with E-state index >= 15 is 0 Å². The van der Waals surface area contributed by atoms with Gasteiger partial charge in [0.1, 0.15) is 0 Å². The average Bonchev–Trinajstić information content (AvgIpc) is 2.81. The molecule has 0 saturated carbocycles. The van der Waals surface area contributed by atoms with Gasteiger partial charge in [0.25, 0.3) is 0 Å². The summed E-state index contributed by atoms with van der Waals surface area (Å²) in [6, 6.07) is 23.9. The first-order valence-electron chi connectivity index (χ1n) is 7.10. The van der Waals surface area contributed by atoms with Crippen LogP contribution in [0, 0.1) is 6.92 Å². The second-order valence-electron chi connectivity index (χ2n) is 5.47. The van der Waals surface area contributed by atoms with Gasteiger partial charge >= 0.3 is 0 Å². The number of fused-ring (bicyclic) bond motifs is 3. The monoisotopic (exact) mass is 289 g/mol. The molecule has 4 aromatic rings. The van der Waals surface area contributed by atoms with Gasteiger partial charge in [-0.1, -0.05) is 42.0 Å². The average molecular weight is 289 g/mol. The van der Waals surface area contributed by atoms with Crippen molar-refractivity contribution < 1.29 is 0 Å². The lowest BCUT2D eigenvalue weighted by molar-refractivity contribution is 1.18. The molecule has 3 aromatic carbocycles. The summed E-state index contributed by atoms with van der Waals surface area (Å²) in [5.74, 6) is 0. The molecule has 0 fully saturated rings. The van der Waals surface area contributed by atoms with Crippen molar-refractivity contribution in [3.8, 4) is 5.69 Å². The molecule has 0 aliphatic rings. The van der Waals surface area contributed by atoms with Crippen LogP contribution in [0.1, 0.15) is 5.56 Å². The Morgan fingerprint density at radius 1 is 0.762 bits per heavy atom. The highest BCUT2D eigenvalue weighted by atomic mass is 31.0. The van der Waals surface area contributed by atoms with Crippen molar-refractivity contribution in [3.63, 3.8) is 0 Å². The number of aryl methyl sites for hydroxylation is 1. The molecule has 0 saturated heterocycles. The van der Waals surface area contributed by atoms with E-state index in [0.717, 1.165) is 0 Å². The predicted octanol–water partition coefficient (Wildman–Crippen LogP) is 4.59. The van der Waals surface area contributed by atoms with E-state index in [4.69, 9.17) is 0 Å². The van der Waals surface area contributed by atoms with Gasteiger partial charge in [-0.15, -0.1) is 9.24 Å². The van der Waals surface area contributed by atoms with Crippen molar-refractivity contribution >= 4 is 36.4 Å². The number of hydrogen-bond donors (Lipinski definition) is 0. The third-order valence-electron chi connectivity index (χ3n) is 3.96. The van der Waals surface area contributed by atoms with Crippen molar-refractivity contribution in [1.82, 2.24) is 4.57 Å². The third-order valence-corrected chi connectivity index (χ3v) is 4.32. The van der Waals surface area contributed by atoms with Gasteiger partial charge in [-0.3, -0.25) is 0 Å². The lowest BCUT2D eigenvalue weighted by Crippen LogP contribution is -1.95. The Morgan fingerprint density at radius 2 is 1.57 bits per heavy atom. The Kier molecular flexibility index (Phi) is 2.83. The molecule has 0 radical (unpaired) electrons. The van der Waals surface area contributed by atoms with Gasteiger partial charge < -0.3 is 4.57 Å². The summed E-state index contributed by atoms with van der Waals surface area (Å²) in [6.07, 6.45) is 0. The molecule has 1 unspecified atom stereocenters.